The Morgan fingerprint density at radius 3 is 2.83 bits per heavy atom. The van der Waals surface area contributed by atoms with Crippen molar-refractivity contribution >= 4 is 22.0 Å². The lowest BCUT2D eigenvalue weighted by molar-refractivity contribution is 0.170. The van der Waals surface area contributed by atoms with E-state index in [4.69, 9.17) is 9.47 Å². The number of carbonyl (C=O) groups excluding carboxylic acids is 1. The largest absolute Gasteiger partial charge is 0.486 e. The molecule has 0 aromatic heterocycles. The monoisotopic (exact) mass is 311 g/mol. The van der Waals surface area contributed by atoms with E-state index in [0.29, 0.717) is 31.4 Å². The predicted octanol–water partition coefficient (Wildman–Crippen LogP) is 3.18. The summed E-state index contributed by atoms with van der Waals surface area (Å²) in [5.74, 6) is 1.74. The van der Waals surface area contributed by atoms with Gasteiger partial charge in [0.2, 0.25) is 6.08 Å². The van der Waals surface area contributed by atoms with Gasteiger partial charge in [-0.05, 0) is 39.0 Å². The highest BCUT2D eigenvalue weighted by molar-refractivity contribution is 9.10. The summed E-state index contributed by atoms with van der Waals surface area (Å²) in [6, 6.07) is 1.90. The minimum atomic E-state index is 0.298. The molecule has 4 nitrogen and oxygen atoms in total. The smallest absolute Gasteiger partial charge is 0.235 e. The fourth-order valence-corrected chi connectivity index (χ4v) is 3.10. The van der Waals surface area contributed by atoms with Crippen LogP contribution in [0.2, 0.25) is 0 Å². The van der Waals surface area contributed by atoms with Gasteiger partial charge < -0.3 is 9.47 Å². The molecule has 2 rings (SSSR count). The van der Waals surface area contributed by atoms with Crippen LogP contribution in [0.5, 0.6) is 11.5 Å². The average Bonchev–Trinajstić information content (AvgIpc) is 2.36. The zero-order valence-corrected chi connectivity index (χ0v) is 11.9. The van der Waals surface area contributed by atoms with E-state index in [1.165, 1.54) is 0 Å². The van der Waals surface area contributed by atoms with Crippen LogP contribution in [0, 0.1) is 0 Å². The van der Waals surface area contributed by atoms with Crippen LogP contribution in [0.1, 0.15) is 30.9 Å². The second-order valence-electron chi connectivity index (χ2n) is 4.35. The molecule has 0 atom stereocenters. The van der Waals surface area contributed by atoms with Gasteiger partial charge in [-0.1, -0.05) is 13.8 Å². The summed E-state index contributed by atoms with van der Waals surface area (Å²) < 4.78 is 12.1. The lowest BCUT2D eigenvalue weighted by Crippen LogP contribution is -2.17. The molecule has 0 amide bonds. The summed E-state index contributed by atoms with van der Waals surface area (Å²) in [7, 11) is 0. The van der Waals surface area contributed by atoms with E-state index in [-0.39, 0.29) is 0 Å². The number of aliphatic imine (C=N–C) groups is 1. The third-order valence-electron chi connectivity index (χ3n) is 2.79. The molecule has 0 aliphatic carbocycles. The van der Waals surface area contributed by atoms with Gasteiger partial charge in [0.25, 0.3) is 0 Å². The van der Waals surface area contributed by atoms with Crippen molar-refractivity contribution in [2.24, 2.45) is 4.99 Å². The van der Waals surface area contributed by atoms with E-state index in [1.54, 1.807) is 6.08 Å². The molecule has 0 spiro atoms. The summed E-state index contributed by atoms with van der Waals surface area (Å²) in [6.45, 7) is 5.58. The second-order valence-corrected chi connectivity index (χ2v) is 5.14. The van der Waals surface area contributed by atoms with Gasteiger partial charge in [-0.2, -0.15) is 0 Å². The van der Waals surface area contributed by atoms with E-state index in [1.807, 2.05) is 6.07 Å². The Morgan fingerprint density at radius 1 is 1.44 bits per heavy atom. The molecule has 0 saturated heterocycles. The Balaban J connectivity index is 2.56. The standard InChI is InChI=1S/C13H14BrNO3/c1-8(2)11-9(6-15-7-16)5-10-13(12(11)14)18-4-3-17-10/h5,8H,3-4,6H2,1-2H3. The van der Waals surface area contributed by atoms with Gasteiger partial charge >= 0.3 is 0 Å². The van der Waals surface area contributed by atoms with Crippen LogP contribution in [0.15, 0.2) is 15.5 Å². The van der Waals surface area contributed by atoms with Crippen LogP contribution in [-0.2, 0) is 11.3 Å². The Labute approximate surface area is 114 Å². The molecule has 0 fully saturated rings. The Hall–Kier alpha value is -1.32. The molecule has 5 heteroatoms. The van der Waals surface area contributed by atoms with Crippen LogP contribution < -0.4 is 9.47 Å². The number of isocyanates is 1. The first-order valence-corrected chi connectivity index (χ1v) is 6.59. The molecule has 0 saturated carbocycles. The minimum Gasteiger partial charge on any atom is -0.486 e. The third kappa shape index (κ3) is 2.42. The van der Waals surface area contributed by atoms with Gasteiger partial charge in [-0.25, -0.2) is 9.79 Å². The summed E-state index contributed by atoms with van der Waals surface area (Å²) in [5.41, 5.74) is 2.06. The highest BCUT2D eigenvalue weighted by Crippen LogP contribution is 2.44. The van der Waals surface area contributed by atoms with Crippen molar-refractivity contribution in [3.63, 3.8) is 0 Å². The lowest BCUT2D eigenvalue weighted by atomic mass is 9.96. The number of nitrogens with zero attached hydrogens (tertiary/aromatic N) is 1. The normalized spacial score (nSPS) is 13.3. The maximum Gasteiger partial charge on any atom is 0.235 e. The molecular formula is C13H14BrNO3. The number of hydrogen-bond acceptors (Lipinski definition) is 4. The van der Waals surface area contributed by atoms with Gasteiger partial charge in [0.05, 0.1) is 11.0 Å². The molecule has 1 aliphatic heterocycles. The molecule has 0 unspecified atom stereocenters. The van der Waals surface area contributed by atoms with Crippen molar-refractivity contribution in [3.8, 4) is 11.5 Å². The molecule has 1 aromatic carbocycles. The number of ether oxygens (including phenoxy) is 2. The van der Waals surface area contributed by atoms with Crippen LogP contribution in [0.4, 0.5) is 0 Å². The zero-order chi connectivity index (χ0) is 13.1. The van der Waals surface area contributed by atoms with Crippen molar-refractivity contribution in [1.29, 1.82) is 0 Å². The van der Waals surface area contributed by atoms with Crippen LogP contribution >= 0.6 is 15.9 Å². The van der Waals surface area contributed by atoms with Crippen molar-refractivity contribution < 1.29 is 14.3 Å². The molecule has 96 valence electrons. The number of rotatable bonds is 3. The molecule has 0 bridgehead atoms. The summed E-state index contributed by atoms with van der Waals surface area (Å²) >= 11 is 3.57. The molecule has 1 aliphatic rings. The number of halogens is 1. The molecule has 0 N–H and O–H groups in total. The quantitative estimate of drug-likeness (QED) is 0.636. The highest BCUT2D eigenvalue weighted by Gasteiger charge is 2.22. The fourth-order valence-electron chi connectivity index (χ4n) is 2.08. The van der Waals surface area contributed by atoms with Crippen molar-refractivity contribution in [2.75, 3.05) is 13.2 Å². The van der Waals surface area contributed by atoms with Crippen molar-refractivity contribution in [3.05, 3.63) is 21.7 Å². The number of hydrogen-bond donors (Lipinski definition) is 0. The maximum atomic E-state index is 10.3. The van der Waals surface area contributed by atoms with E-state index in [9.17, 15) is 4.79 Å². The summed E-state index contributed by atoms with van der Waals surface area (Å²) in [4.78, 5) is 13.9. The zero-order valence-electron chi connectivity index (χ0n) is 10.3. The van der Waals surface area contributed by atoms with Gasteiger partial charge in [-0.15, -0.1) is 0 Å². The van der Waals surface area contributed by atoms with E-state index < -0.39 is 0 Å². The lowest BCUT2D eigenvalue weighted by Gasteiger charge is -2.24. The Morgan fingerprint density at radius 2 is 2.17 bits per heavy atom. The first-order valence-electron chi connectivity index (χ1n) is 5.79. The molecule has 1 heterocycles. The third-order valence-corrected chi connectivity index (χ3v) is 3.58. The van der Waals surface area contributed by atoms with Crippen LogP contribution in [-0.4, -0.2) is 19.3 Å². The summed E-state index contributed by atoms with van der Waals surface area (Å²) in [5, 5.41) is 0. The van der Waals surface area contributed by atoms with Crippen molar-refractivity contribution in [2.45, 2.75) is 26.3 Å². The predicted molar refractivity (Wildman–Crippen MR) is 71.0 cm³/mol. The van der Waals surface area contributed by atoms with Crippen molar-refractivity contribution in [1.82, 2.24) is 0 Å². The average molecular weight is 312 g/mol. The number of benzene rings is 1. The van der Waals surface area contributed by atoms with E-state index in [0.717, 1.165) is 21.3 Å². The second kappa shape index (κ2) is 5.55. The molecular weight excluding hydrogens is 298 g/mol. The van der Waals surface area contributed by atoms with Crippen LogP contribution in [0.25, 0.3) is 0 Å². The minimum absolute atomic E-state index is 0.298. The first kappa shape index (κ1) is 13.1. The molecule has 0 radical (unpaired) electrons. The Bertz CT molecular complexity index is 507. The molecule has 1 aromatic rings. The summed E-state index contributed by atoms with van der Waals surface area (Å²) in [6.07, 6.45) is 1.57. The fraction of sp³-hybridized carbons (Fsp3) is 0.462. The Kier molecular flexibility index (Phi) is 4.04. The van der Waals surface area contributed by atoms with Gasteiger partial charge in [0.15, 0.2) is 11.5 Å². The van der Waals surface area contributed by atoms with E-state index >= 15 is 0 Å². The SMILES string of the molecule is CC(C)c1c(CN=C=O)cc2c(c1Br)OCCO2. The topological polar surface area (TPSA) is 47.9 Å². The first-order chi connectivity index (χ1) is 8.65. The van der Waals surface area contributed by atoms with E-state index in [2.05, 4.69) is 34.8 Å². The van der Waals surface area contributed by atoms with Gasteiger partial charge in [0, 0.05) is 0 Å². The van der Waals surface area contributed by atoms with Gasteiger partial charge in [0.1, 0.15) is 13.2 Å². The van der Waals surface area contributed by atoms with Crippen LogP contribution in [0.3, 0.4) is 0 Å². The molecule has 18 heavy (non-hydrogen) atoms. The number of fused-ring (bicyclic) bond motifs is 1. The maximum absolute atomic E-state index is 10.3. The highest BCUT2D eigenvalue weighted by atomic mass is 79.9. The van der Waals surface area contributed by atoms with Gasteiger partial charge in [-0.3, -0.25) is 0 Å².